The predicted octanol–water partition coefficient (Wildman–Crippen LogP) is 1.64. The number of carboxylic acids is 1. The third-order valence-corrected chi connectivity index (χ3v) is 6.06. The number of piperidine rings is 1. The molecule has 1 N–H and O–H groups in total. The number of aryl methyl sites for hydroxylation is 1. The average molecular weight is 343 g/mol. The van der Waals surface area contributed by atoms with E-state index in [-0.39, 0.29) is 11.4 Å². The zero-order valence-corrected chi connectivity index (χ0v) is 14.2. The zero-order chi connectivity index (χ0) is 17.2. The van der Waals surface area contributed by atoms with Crippen molar-refractivity contribution in [1.82, 2.24) is 4.31 Å². The van der Waals surface area contributed by atoms with E-state index in [0.29, 0.717) is 36.3 Å². The van der Waals surface area contributed by atoms with Crippen LogP contribution in [0.4, 0.5) is 0 Å². The van der Waals surface area contributed by atoms with E-state index in [1.807, 2.05) is 0 Å². The summed E-state index contributed by atoms with van der Waals surface area (Å²) in [5, 5.41) is 9.32. The first-order valence-electron chi connectivity index (χ1n) is 7.30. The van der Waals surface area contributed by atoms with Gasteiger partial charge in [0, 0.05) is 12.6 Å². The lowest BCUT2D eigenvalue weighted by Crippen LogP contribution is -2.47. The molecule has 0 bridgehead atoms. The van der Waals surface area contributed by atoms with Crippen LogP contribution in [0.5, 0.6) is 11.5 Å². The zero-order valence-electron chi connectivity index (χ0n) is 13.4. The Labute approximate surface area is 135 Å². The standard InChI is InChI=1S/C15H21NO6S/c1-10-8-12(21-2)13(22-3)9-14(10)23(19,20)16-7-5-4-6-11(16)15(17)18/h8-9,11H,4-7H2,1-3H3,(H,17,18)/t11-/m1/s1. The maximum absolute atomic E-state index is 13.0. The van der Waals surface area contributed by atoms with Gasteiger partial charge in [-0.05, 0) is 37.8 Å². The van der Waals surface area contributed by atoms with Crippen molar-refractivity contribution in [2.75, 3.05) is 20.8 Å². The minimum atomic E-state index is -3.93. The summed E-state index contributed by atoms with van der Waals surface area (Å²) >= 11 is 0. The summed E-state index contributed by atoms with van der Waals surface area (Å²) in [6.45, 7) is 1.85. The summed E-state index contributed by atoms with van der Waals surface area (Å²) in [6, 6.07) is 1.93. The molecule has 1 saturated heterocycles. The van der Waals surface area contributed by atoms with E-state index in [1.165, 1.54) is 20.3 Å². The number of nitrogens with zero attached hydrogens (tertiary/aromatic N) is 1. The third-order valence-electron chi connectivity index (χ3n) is 4.01. The average Bonchev–Trinajstić information content (AvgIpc) is 2.54. The summed E-state index contributed by atoms with van der Waals surface area (Å²) in [7, 11) is -1.04. The van der Waals surface area contributed by atoms with Gasteiger partial charge in [0.2, 0.25) is 10.0 Å². The van der Waals surface area contributed by atoms with Gasteiger partial charge in [-0.1, -0.05) is 0 Å². The van der Waals surface area contributed by atoms with E-state index in [1.54, 1.807) is 13.0 Å². The molecule has 1 aliphatic heterocycles. The number of aliphatic carboxylic acids is 1. The third kappa shape index (κ3) is 3.28. The van der Waals surface area contributed by atoms with Gasteiger partial charge in [-0.3, -0.25) is 4.79 Å². The maximum atomic E-state index is 13.0. The topological polar surface area (TPSA) is 93.1 Å². The van der Waals surface area contributed by atoms with Crippen LogP contribution in [0.2, 0.25) is 0 Å². The van der Waals surface area contributed by atoms with Crippen molar-refractivity contribution < 1.29 is 27.8 Å². The molecule has 0 aromatic heterocycles. The number of carbonyl (C=O) groups is 1. The molecule has 1 fully saturated rings. The highest BCUT2D eigenvalue weighted by molar-refractivity contribution is 7.89. The molecule has 0 saturated carbocycles. The number of hydrogen-bond donors (Lipinski definition) is 1. The summed E-state index contributed by atoms with van der Waals surface area (Å²) in [4.78, 5) is 11.4. The van der Waals surface area contributed by atoms with Crippen LogP contribution >= 0.6 is 0 Å². The second-order valence-corrected chi connectivity index (χ2v) is 7.30. The molecular formula is C15H21NO6S. The molecule has 23 heavy (non-hydrogen) atoms. The van der Waals surface area contributed by atoms with Gasteiger partial charge in [0.1, 0.15) is 6.04 Å². The maximum Gasteiger partial charge on any atom is 0.322 e. The van der Waals surface area contributed by atoms with Crippen LogP contribution in [0.3, 0.4) is 0 Å². The normalized spacial score (nSPS) is 19.3. The summed E-state index contributed by atoms with van der Waals surface area (Å²) < 4.78 is 37.3. The van der Waals surface area contributed by atoms with Crippen molar-refractivity contribution in [3.8, 4) is 11.5 Å². The number of carboxylic acid groups (broad SMARTS) is 1. The largest absolute Gasteiger partial charge is 0.493 e. The van der Waals surface area contributed by atoms with Crippen LogP contribution in [0.1, 0.15) is 24.8 Å². The Morgan fingerprint density at radius 2 is 1.83 bits per heavy atom. The Balaban J connectivity index is 2.52. The lowest BCUT2D eigenvalue weighted by Gasteiger charge is -2.32. The number of methoxy groups -OCH3 is 2. The minimum absolute atomic E-state index is 0.0447. The molecule has 0 radical (unpaired) electrons. The molecule has 8 heteroatoms. The molecule has 1 atom stereocenters. The molecule has 0 unspecified atom stereocenters. The van der Waals surface area contributed by atoms with Crippen LogP contribution in [0, 0.1) is 6.92 Å². The Kier molecular flexibility index (Phi) is 5.16. The molecule has 2 rings (SSSR count). The van der Waals surface area contributed by atoms with Gasteiger partial charge in [-0.2, -0.15) is 4.31 Å². The van der Waals surface area contributed by atoms with Crippen molar-refractivity contribution in [2.24, 2.45) is 0 Å². The highest BCUT2D eigenvalue weighted by Gasteiger charge is 2.38. The van der Waals surface area contributed by atoms with E-state index in [4.69, 9.17) is 9.47 Å². The van der Waals surface area contributed by atoms with Crippen molar-refractivity contribution in [3.63, 3.8) is 0 Å². The summed E-state index contributed by atoms with van der Waals surface area (Å²) in [5.41, 5.74) is 0.484. The molecule has 128 valence electrons. The molecule has 0 aliphatic carbocycles. The molecule has 1 aliphatic rings. The van der Waals surface area contributed by atoms with Crippen LogP contribution in [0.15, 0.2) is 17.0 Å². The highest BCUT2D eigenvalue weighted by atomic mass is 32.2. The molecule has 0 spiro atoms. The van der Waals surface area contributed by atoms with E-state index >= 15 is 0 Å². The Bertz CT molecular complexity index is 700. The molecule has 7 nitrogen and oxygen atoms in total. The molecule has 1 aromatic rings. The van der Waals surface area contributed by atoms with E-state index in [9.17, 15) is 18.3 Å². The fraction of sp³-hybridized carbons (Fsp3) is 0.533. The summed E-state index contributed by atoms with van der Waals surface area (Å²) in [6.07, 6.45) is 1.67. The van der Waals surface area contributed by atoms with Crippen LogP contribution in [-0.2, 0) is 14.8 Å². The number of benzene rings is 1. The lowest BCUT2D eigenvalue weighted by molar-refractivity contribution is -0.142. The van der Waals surface area contributed by atoms with Crippen molar-refractivity contribution >= 4 is 16.0 Å². The quantitative estimate of drug-likeness (QED) is 0.873. The van der Waals surface area contributed by atoms with Crippen LogP contribution in [-0.4, -0.2) is 50.6 Å². The second kappa shape index (κ2) is 6.76. The van der Waals surface area contributed by atoms with Crippen molar-refractivity contribution in [3.05, 3.63) is 17.7 Å². The first-order chi connectivity index (χ1) is 10.8. The van der Waals surface area contributed by atoms with Gasteiger partial charge in [0.25, 0.3) is 0 Å². The van der Waals surface area contributed by atoms with Gasteiger partial charge in [0.15, 0.2) is 11.5 Å². The predicted molar refractivity (Wildman–Crippen MR) is 83.4 cm³/mol. The molecule has 1 aromatic carbocycles. The Morgan fingerprint density at radius 1 is 1.22 bits per heavy atom. The molecule has 0 amide bonds. The second-order valence-electron chi connectivity index (χ2n) is 5.44. The smallest absolute Gasteiger partial charge is 0.322 e. The number of ether oxygens (including phenoxy) is 2. The monoisotopic (exact) mass is 343 g/mol. The lowest BCUT2D eigenvalue weighted by atomic mass is 10.1. The first-order valence-corrected chi connectivity index (χ1v) is 8.74. The van der Waals surface area contributed by atoms with E-state index < -0.39 is 22.0 Å². The van der Waals surface area contributed by atoms with Crippen LogP contribution < -0.4 is 9.47 Å². The summed E-state index contributed by atoms with van der Waals surface area (Å²) in [5.74, 6) is -0.399. The number of rotatable bonds is 5. The van der Waals surface area contributed by atoms with Crippen LogP contribution in [0.25, 0.3) is 0 Å². The van der Waals surface area contributed by atoms with E-state index in [0.717, 1.165) is 4.31 Å². The van der Waals surface area contributed by atoms with Crippen molar-refractivity contribution in [1.29, 1.82) is 0 Å². The number of hydrogen-bond acceptors (Lipinski definition) is 5. The minimum Gasteiger partial charge on any atom is -0.493 e. The van der Waals surface area contributed by atoms with Gasteiger partial charge in [-0.15, -0.1) is 0 Å². The SMILES string of the molecule is COc1cc(C)c(S(=O)(=O)N2CCCC[C@@H]2C(=O)O)cc1OC. The van der Waals surface area contributed by atoms with Crippen molar-refractivity contribution in [2.45, 2.75) is 37.1 Å². The van der Waals surface area contributed by atoms with Gasteiger partial charge in [0.05, 0.1) is 19.1 Å². The Hall–Kier alpha value is -1.80. The first kappa shape index (κ1) is 17.6. The fourth-order valence-electron chi connectivity index (χ4n) is 2.81. The molecule has 1 heterocycles. The molecular weight excluding hydrogens is 322 g/mol. The van der Waals surface area contributed by atoms with E-state index in [2.05, 4.69) is 0 Å². The Morgan fingerprint density at radius 3 is 2.39 bits per heavy atom. The van der Waals surface area contributed by atoms with Gasteiger partial charge < -0.3 is 14.6 Å². The number of sulfonamides is 1. The van der Waals surface area contributed by atoms with Gasteiger partial charge >= 0.3 is 5.97 Å². The van der Waals surface area contributed by atoms with Gasteiger partial charge in [-0.25, -0.2) is 8.42 Å². The fourth-order valence-corrected chi connectivity index (χ4v) is 4.68. The highest BCUT2D eigenvalue weighted by Crippen LogP contribution is 2.35.